The van der Waals surface area contributed by atoms with Crippen molar-refractivity contribution in [3.05, 3.63) is 30.1 Å². The second-order valence-electron chi connectivity index (χ2n) is 7.59. The van der Waals surface area contributed by atoms with Crippen LogP contribution in [0.1, 0.15) is 31.2 Å². The Morgan fingerprint density at radius 1 is 1.32 bits per heavy atom. The highest BCUT2D eigenvalue weighted by atomic mass is 16.2. The zero-order valence-corrected chi connectivity index (χ0v) is 14.8. The van der Waals surface area contributed by atoms with E-state index in [4.69, 9.17) is 5.73 Å². The maximum Gasteiger partial charge on any atom is 0.242 e. The highest BCUT2D eigenvalue weighted by Crippen LogP contribution is 2.49. The Bertz CT molecular complexity index is 762. The monoisotopic (exact) mass is 339 g/mol. The predicted molar refractivity (Wildman–Crippen MR) is 96.7 cm³/mol. The Kier molecular flexibility index (Phi) is 4.07. The van der Waals surface area contributed by atoms with Crippen molar-refractivity contribution in [3.63, 3.8) is 0 Å². The number of fused-ring (bicyclic) bond motifs is 2. The fourth-order valence-electron chi connectivity index (χ4n) is 4.71. The van der Waals surface area contributed by atoms with Crippen LogP contribution in [0.5, 0.6) is 0 Å². The molecule has 6 nitrogen and oxygen atoms in total. The number of rotatable bonds is 4. The van der Waals surface area contributed by atoms with E-state index in [1.165, 1.54) is 19.3 Å². The summed E-state index contributed by atoms with van der Waals surface area (Å²) < 4.78 is 1.83. The molecule has 3 N–H and O–H groups in total. The highest BCUT2D eigenvalue weighted by Gasteiger charge is 2.44. The molecule has 0 radical (unpaired) electrons. The van der Waals surface area contributed by atoms with Gasteiger partial charge in [0.2, 0.25) is 5.91 Å². The van der Waals surface area contributed by atoms with Crippen LogP contribution >= 0.6 is 0 Å². The number of amides is 1. The lowest BCUT2D eigenvalue weighted by atomic mass is 9.83. The van der Waals surface area contributed by atoms with Crippen molar-refractivity contribution in [1.29, 1.82) is 0 Å². The van der Waals surface area contributed by atoms with Gasteiger partial charge in [-0.3, -0.25) is 9.48 Å². The zero-order chi connectivity index (χ0) is 17.6. The number of aryl methyl sites for hydroxylation is 2. The molecule has 4 atom stereocenters. The Labute approximate surface area is 147 Å². The van der Waals surface area contributed by atoms with Gasteiger partial charge in [-0.05, 0) is 61.6 Å². The van der Waals surface area contributed by atoms with Crippen LogP contribution in [-0.2, 0) is 11.8 Å². The summed E-state index contributed by atoms with van der Waals surface area (Å²) in [7, 11) is 1.91. The molecule has 0 aromatic carbocycles. The minimum atomic E-state index is -0.434. The van der Waals surface area contributed by atoms with Gasteiger partial charge in [-0.15, -0.1) is 0 Å². The second-order valence-corrected chi connectivity index (χ2v) is 7.59. The fraction of sp³-hybridized carbons (Fsp3) is 0.526. The molecule has 0 aliphatic heterocycles. The largest absolute Gasteiger partial charge is 0.320 e. The summed E-state index contributed by atoms with van der Waals surface area (Å²) in [5.74, 6) is 2.18. The van der Waals surface area contributed by atoms with E-state index in [9.17, 15) is 4.79 Å². The molecule has 2 aliphatic carbocycles. The number of hydrogen-bond acceptors (Lipinski definition) is 4. The van der Waals surface area contributed by atoms with Gasteiger partial charge in [0.15, 0.2) is 0 Å². The number of carbonyl (C=O) groups excluding carboxylic acids is 1. The van der Waals surface area contributed by atoms with Gasteiger partial charge >= 0.3 is 0 Å². The van der Waals surface area contributed by atoms with Gasteiger partial charge in [0.05, 0.1) is 17.9 Å². The molecule has 2 saturated carbocycles. The number of hydrogen-bond donors (Lipinski definition) is 2. The van der Waals surface area contributed by atoms with Gasteiger partial charge < -0.3 is 11.1 Å². The van der Waals surface area contributed by atoms with Gasteiger partial charge in [-0.25, -0.2) is 4.98 Å². The lowest BCUT2D eigenvalue weighted by molar-refractivity contribution is -0.119. The minimum Gasteiger partial charge on any atom is -0.320 e. The smallest absolute Gasteiger partial charge is 0.242 e. The Morgan fingerprint density at radius 3 is 2.72 bits per heavy atom. The van der Waals surface area contributed by atoms with Crippen molar-refractivity contribution in [3.8, 4) is 11.3 Å². The Morgan fingerprint density at radius 2 is 2.16 bits per heavy atom. The minimum absolute atomic E-state index is 0.116. The molecule has 2 bridgehead atoms. The van der Waals surface area contributed by atoms with Crippen molar-refractivity contribution < 1.29 is 4.79 Å². The molecular formula is C19H25N5O. The highest BCUT2D eigenvalue weighted by molar-refractivity contribution is 5.94. The van der Waals surface area contributed by atoms with Crippen LogP contribution in [0.2, 0.25) is 0 Å². The van der Waals surface area contributed by atoms with Crippen LogP contribution in [0.3, 0.4) is 0 Å². The van der Waals surface area contributed by atoms with E-state index in [1.54, 1.807) is 6.20 Å². The normalized spacial score (nSPS) is 26.0. The van der Waals surface area contributed by atoms with Gasteiger partial charge in [0.25, 0.3) is 0 Å². The summed E-state index contributed by atoms with van der Waals surface area (Å²) in [6.45, 7) is 2.02. The molecule has 2 fully saturated rings. The van der Waals surface area contributed by atoms with E-state index in [2.05, 4.69) is 15.4 Å². The number of anilines is 1. The second kappa shape index (κ2) is 6.26. The summed E-state index contributed by atoms with van der Waals surface area (Å²) in [5, 5.41) is 7.13. The number of carbonyl (C=O) groups is 1. The summed E-state index contributed by atoms with van der Waals surface area (Å²) in [5.41, 5.74) is 9.36. The summed E-state index contributed by atoms with van der Waals surface area (Å²) in [6, 6.07) is 3.35. The van der Waals surface area contributed by atoms with Gasteiger partial charge in [0.1, 0.15) is 5.82 Å². The Hall–Kier alpha value is -2.21. The molecule has 4 rings (SSSR count). The summed E-state index contributed by atoms with van der Waals surface area (Å²) >= 11 is 0. The maximum atomic E-state index is 12.5. The number of nitrogens with zero attached hydrogens (tertiary/aromatic N) is 3. The molecule has 4 unspecified atom stereocenters. The van der Waals surface area contributed by atoms with E-state index in [0.29, 0.717) is 17.7 Å². The molecule has 1 amide bonds. The first kappa shape index (κ1) is 16.3. The lowest BCUT2D eigenvalue weighted by Gasteiger charge is -2.26. The van der Waals surface area contributed by atoms with Crippen LogP contribution in [0.25, 0.3) is 11.3 Å². The van der Waals surface area contributed by atoms with Gasteiger partial charge in [0, 0.05) is 18.8 Å². The van der Waals surface area contributed by atoms with E-state index < -0.39 is 6.04 Å². The molecule has 2 aliphatic rings. The van der Waals surface area contributed by atoms with Crippen molar-refractivity contribution in [2.24, 2.45) is 30.5 Å². The molecule has 6 heteroatoms. The van der Waals surface area contributed by atoms with Gasteiger partial charge in [-0.1, -0.05) is 6.42 Å². The van der Waals surface area contributed by atoms with E-state index >= 15 is 0 Å². The van der Waals surface area contributed by atoms with Crippen molar-refractivity contribution >= 4 is 11.7 Å². The number of nitrogens with two attached hydrogens (primary N) is 1. The first-order chi connectivity index (χ1) is 12.0. The molecule has 2 heterocycles. The maximum absolute atomic E-state index is 12.5. The number of aromatic nitrogens is 3. The first-order valence-corrected chi connectivity index (χ1v) is 9.04. The number of pyridine rings is 1. The molecule has 0 saturated heterocycles. The molecule has 2 aromatic heterocycles. The summed E-state index contributed by atoms with van der Waals surface area (Å²) in [4.78, 5) is 16.9. The van der Waals surface area contributed by atoms with E-state index in [0.717, 1.165) is 29.2 Å². The molecule has 25 heavy (non-hydrogen) atoms. The summed E-state index contributed by atoms with van der Waals surface area (Å²) in [6.07, 6.45) is 8.50. The molecule has 132 valence electrons. The van der Waals surface area contributed by atoms with Crippen molar-refractivity contribution in [2.75, 3.05) is 5.32 Å². The first-order valence-electron chi connectivity index (χ1n) is 9.04. The molecular weight excluding hydrogens is 314 g/mol. The SMILES string of the molecule is Cc1cnn(C)c1-c1ccc(NC(=O)C(N)C2CC3CCC2C3)nc1. The third-order valence-corrected chi connectivity index (χ3v) is 5.97. The third-order valence-electron chi connectivity index (χ3n) is 5.97. The van der Waals surface area contributed by atoms with Crippen molar-refractivity contribution in [2.45, 2.75) is 38.6 Å². The van der Waals surface area contributed by atoms with Crippen LogP contribution in [0, 0.1) is 24.7 Å². The average molecular weight is 339 g/mol. The third kappa shape index (κ3) is 2.95. The zero-order valence-electron chi connectivity index (χ0n) is 14.8. The molecule has 0 spiro atoms. The van der Waals surface area contributed by atoms with Crippen LogP contribution in [0.15, 0.2) is 24.5 Å². The van der Waals surface area contributed by atoms with Crippen molar-refractivity contribution in [1.82, 2.24) is 14.8 Å². The quantitative estimate of drug-likeness (QED) is 0.896. The standard InChI is InChI=1S/C19H25N5O/c1-11-9-22-24(2)18(11)14-5-6-16(21-10-14)23-19(25)17(20)15-8-12-3-4-13(15)7-12/h5-6,9-10,12-13,15,17H,3-4,7-8,20H2,1-2H3,(H,21,23,25). The van der Waals surface area contributed by atoms with Crippen LogP contribution in [0.4, 0.5) is 5.82 Å². The van der Waals surface area contributed by atoms with E-state index in [1.807, 2.05) is 37.0 Å². The van der Waals surface area contributed by atoms with Crippen LogP contribution in [-0.4, -0.2) is 26.7 Å². The van der Waals surface area contributed by atoms with E-state index in [-0.39, 0.29) is 5.91 Å². The van der Waals surface area contributed by atoms with Crippen LogP contribution < -0.4 is 11.1 Å². The topological polar surface area (TPSA) is 85.8 Å². The fourth-order valence-corrected chi connectivity index (χ4v) is 4.71. The Balaban J connectivity index is 1.43. The predicted octanol–water partition coefficient (Wildman–Crippen LogP) is 2.49. The molecule has 2 aromatic rings. The lowest BCUT2D eigenvalue weighted by Crippen LogP contribution is -2.44. The number of nitrogens with one attached hydrogen (secondary N) is 1. The van der Waals surface area contributed by atoms with Gasteiger partial charge in [-0.2, -0.15) is 5.10 Å². The average Bonchev–Trinajstić information content (AvgIpc) is 3.31.